The lowest BCUT2D eigenvalue weighted by Gasteiger charge is -2.31. The highest BCUT2D eigenvalue weighted by Crippen LogP contribution is 2.24. The Morgan fingerprint density at radius 3 is 1.70 bits per heavy atom. The Balaban J connectivity index is 3.88. The number of carbonyl (C=O) groups is 5. The SMILES string of the molecule is CCCCCCCC/C=C\CCCCCCCC(=O)NCCNC(=O)CCNC(=O)C(OC(C)=O)C(C)(C)COC(C)=O. The molecule has 0 heterocycles. The first-order valence-corrected chi connectivity index (χ1v) is 16.3. The summed E-state index contributed by atoms with van der Waals surface area (Å²) >= 11 is 0. The Morgan fingerprint density at radius 1 is 0.651 bits per heavy atom. The van der Waals surface area contributed by atoms with E-state index in [4.69, 9.17) is 9.47 Å². The van der Waals surface area contributed by atoms with Crippen LogP contribution in [0.1, 0.15) is 131 Å². The monoisotopic (exact) mass is 609 g/mol. The van der Waals surface area contributed by atoms with Crippen LogP contribution in [0.3, 0.4) is 0 Å². The van der Waals surface area contributed by atoms with E-state index in [-0.39, 0.29) is 37.9 Å². The fourth-order valence-corrected chi connectivity index (χ4v) is 4.43. The summed E-state index contributed by atoms with van der Waals surface area (Å²) in [5.74, 6) is -2.04. The Hall–Kier alpha value is -2.91. The second-order valence-corrected chi connectivity index (χ2v) is 11.8. The number of rotatable bonds is 26. The van der Waals surface area contributed by atoms with Crippen LogP contribution < -0.4 is 16.0 Å². The summed E-state index contributed by atoms with van der Waals surface area (Å²) in [7, 11) is 0. The van der Waals surface area contributed by atoms with Crippen molar-refractivity contribution < 1.29 is 33.4 Å². The van der Waals surface area contributed by atoms with Gasteiger partial charge in [-0.1, -0.05) is 84.3 Å². The maximum atomic E-state index is 12.6. The highest BCUT2D eigenvalue weighted by Gasteiger charge is 2.39. The van der Waals surface area contributed by atoms with Crippen LogP contribution in [0, 0.1) is 5.41 Å². The number of amides is 3. The third kappa shape index (κ3) is 24.3. The number of esters is 2. The van der Waals surface area contributed by atoms with Crippen molar-refractivity contribution in [3.63, 3.8) is 0 Å². The summed E-state index contributed by atoms with van der Waals surface area (Å²) < 4.78 is 10.2. The molecule has 0 saturated carbocycles. The van der Waals surface area contributed by atoms with E-state index >= 15 is 0 Å². The van der Waals surface area contributed by atoms with Gasteiger partial charge in [0.25, 0.3) is 5.91 Å². The molecule has 0 radical (unpaired) electrons. The Labute approximate surface area is 259 Å². The Kier molecular flexibility index (Phi) is 23.8. The third-order valence-corrected chi connectivity index (χ3v) is 6.97. The van der Waals surface area contributed by atoms with E-state index in [1.807, 2.05) is 0 Å². The largest absolute Gasteiger partial charge is 0.465 e. The molecule has 10 nitrogen and oxygen atoms in total. The molecular formula is C33H59N3O7. The third-order valence-electron chi connectivity index (χ3n) is 6.97. The van der Waals surface area contributed by atoms with Crippen molar-refractivity contribution in [3.8, 4) is 0 Å². The predicted molar refractivity (Wildman–Crippen MR) is 169 cm³/mol. The van der Waals surface area contributed by atoms with Crippen LogP contribution >= 0.6 is 0 Å². The Morgan fingerprint density at radius 2 is 1.16 bits per heavy atom. The van der Waals surface area contributed by atoms with Crippen molar-refractivity contribution in [1.82, 2.24) is 16.0 Å². The maximum absolute atomic E-state index is 12.6. The normalized spacial score (nSPS) is 12.0. The van der Waals surface area contributed by atoms with E-state index in [0.29, 0.717) is 13.0 Å². The molecule has 43 heavy (non-hydrogen) atoms. The molecule has 0 fully saturated rings. The first-order valence-electron chi connectivity index (χ1n) is 16.3. The lowest BCUT2D eigenvalue weighted by Crippen LogP contribution is -2.49. The lowest BCUT2D eigenvalue weighted by molar-refractivity contribution is -0.166. The van der Waals surface area contributed by atoms with Gasteiger partial charge in [-0.3, -0.25) is 24.0 Å². The van der Waals surface area contributed by atoms with Gasteiger partial charge in [-0.05, 0) is 32.1 Å². The van der Waals surface area contributed by atoms with Crippen LogP contribution in [0.4, 0.5) is 0 Å². The minimum absolute atomic E-state index is 0.0196. The first kappa shape index (κ1) is 40.1. The standard InChI is InChI=1S/C33H59N3O7/c1-6-7-8-9-10-11-12-13-14-15-16-17-18-19-20-21-29(39)34-24-25-35-30(40)22-23-36-32(41)31(43-28(3)38)33(4,5)26-42-27(2)37/h13-14,31H,6-12,15-26H2,1-5H3,(H,34,39)(H,35,40)(H,36,41)/b14-13-. The fraction of sp³-hybridized carbons (Fsp3) is 0.788. The van der Waals surface area contributed by atoms with E-state index < -0.39 is 29.4 Å². The van der Waals surface area contributed by atoms with Gasteiger partial charge in [0.2, 0.25) is 11.8 Å². The molecule has 0 aliphatic carbocycles. The molecule has 0 aromatic carbocycles. The predicted octanol–water partition coefficient (Wildman–Crippen LogP) is 5.28. The minimum Gasteiger partial charge on any atom is -0.465 e. The number of nitrogens with one attached hydrogen (secondary N) is 3. The average molecular weight is 610 g/mol. The van der Waals surface area contributed by atoms with E-state index in [9.17, 15) is 24.0 Å². The zero-order chi connectivity index (χ0) is 32.3. The second-order valence-electron chi connectivity index (χ2n) is 11.8. The molecule has 0 aromatic heterocycles. The van der Waals surface area contributed by atoms with Crippen LogP contribution in [0.15, 0.2) is 12.2 Å². The van der Waals surface area contributed by atoms with Crippen molar-refractivity contribution in [2.24, 2.45) is 5.41 Å². The van der Waals surface area contributed by atoms with Gasteiger partial charge in [0.15, 0.2) is 6.10 Å². The number of allylic oxidation sites excluding steroid dienone is 2. The second kappa shape index (κ2) is 25.6. The number of hydrogen-bond acceptors (Lipinski definition) is 7. The molecular weight excluding hydrogens is 550 g/mol. The van der Waals surface area contributed by atoms with Crippen LogP contribution in [0.25, 0.3) is 0 Å². The minimum atomic E-state index is -1.19. The van der Waals surface area contributed by atoms with Gasteiger partial charge in [0.1, 0.15) is 6.61 Å². The van der Waals surface area contributed by atoms with Gasteiger partial charge in [-0.2, -0.15) is 0 Å². The quantitative estimate of drug-likeness (QED) is 0.0688. The van der Waals surface area contributed by atoms with Crippen LogP contribution in [0.5, 0.6) is 0 Å². The van der Waals surface area contributed by atoms with Crippen molar-refractivity contribution >= 4 is 29.7 Å². The van der Waals surface area contributed by atoms with Gasteiger partial charge in [-0.15, -0.1) is 0 Å². The first-order chi connectivity index (χ1) is 20.5. The molecule has 0 rings (SSSR count). The maximum Gasteiger partial charge on any atom is 0.303 e. The molecule has 0 aliphatic heterocycles. The molecule has 0 saturated heterocycles. The summed E-state index contributed by atoms with van der Waals surface area (Å²) in [6.07, 6.45) is 19.7. The lowest BCUT2D eigenvalue weighted by atomic mass is 9.86. The highest BCUT2D eigenvalue weighted by atomic mass is 16.6. The van der Waals surface area contributed by atoms with Gasteiger partial charge >= 0.3 is 11.9 Å². The molecule has 3 N–H and O–H groups in total. The van der Waals surface area contributed by atoms with Gasteiger partial charge in [0, 0.05) is 51.7 Å². The molecule has 0 aromatic rings. The van der Waals surface area contributed by atoms with Crippen molar-refractivity contribution in [1.29, 1.82) is 0 Å². The van der Waals surface area contributed by atoms with Gasteiger partial charge in [-0.25, -0.2) is 0 Å². The van der Waals surface area contributed by atoms with Crippen molar-refractivity contribution in [2.75, 3.05) is 26.2 Å². The molecule has 0 bridgehead atoms. The van der Waals surface area contributed by atoms with Crippen LogP contribution in [-0.2, 0) is 33.4 Å². The van der Waals surface area contributed by atoms with Gasteiger partial charge in [0.05, 0.1) is 0 Å². The molecule has 3 amide bonds. The smallest absolute Gasteiger partial charge is 0.303 e. The number of ether oxygens (including phenoxy) is 2. The van der Waals surface area contributed by atoms with E-state index in [1.54, 1.807) is 13.8 Å². The summed E-state index contributed by atoms with van der Waals surface area (Å²) in [4.78, 5) is 59.4. The summed E-state index contributed by atoms with van der Waals surface area (Å²) in [5, 5.41) is 8.11. The number of hydrogen-bond donors (Lipinski definition) is 3. The fourth-order valence-electron chi connectivity index (χ4n) is 4.43. The molecule has 1 atom stereocenters. The zero-order valence-electron chi connectivity index (χ0n) is 27.5. The van der Waals surface area contributed by atoms with Gasteiger partial charge < -0.3 is 25.4 Å². The zero-order valence-corrected chi connectivity index (χ0v) is 27.5. The van der Waals surface area contributed by atoms with Crippen LogP contribution in [-0.4, -0.2) is 62.0 Å². The Bertz CT molecular complexity index is 842. The average Bonchev–Trinajstić information content (AvgIpc) is 2.94. The molecule has 1 unspecified atom stereocenters. The van der Waals surface area contributed by atoms with E-state index in [1.165, 1.54) is 71.6 Å². The summed E-state index contributed by atoms with van der Waals surface area (Å²) in [5.41, 5.74) is -0.966. The van der Waals surface area contributed by atoms with E-state index in [0.717, 1.165) is 25.7 Å². The summed E-state index contributed by atoms with van der Waals surface area (Å²) in [6.45, 7) is 8.51. The molecule has 0 spiro atoms. The molecule has 248 valence electrons. The number of unbranched alkanes of at least 4 members (excludes halogenated alkanes) is 11. The van der Waals surface area contributed by atoms with Crippen LogP contribution in [0.2, 0.25) is 0 Å². The van der Waals surface area contributed by atoms with Crippen molar-refractivity contribution in [3.05, 3.63) is 12.2 Å². The molecule has 0 aliphatic rings. The van der Waals surface area contributed by atoms with E-state index in [2.05, 4.69) is 35.0 Å². The number of carbonyl (C=O) groups excluding carboxylic acids is 5. The van der Waals surface area contributed by atoms with Crippen molar-refractivity contribution in [2.45, 2.75) is 137 Å². The molecule has 10 heteroatoms. The summed E-state index contributed by atoms with van der Waals surface area (Å²) in [6, 6.07) is 0. The topological polar surface area (TPSA) is 140 Å². The highest BCUT2D eigenvalue weighted by molar-refractivity contribution is 5.85.